The van der Waals surface area contributed by atoms with Crippen LogP contribution in [0.2, 0.25) is 0 Å². The van der Waals surface area contributed by atoms with Gasteiger partial charge in [0.05, 0.1) is 30.1 Å². The molecule has 3 unspecified atom stereocenters. The maximum Gasteiger partial charge on any atom is 0.314 e. The molecule has 2 N–H and O–H groups in total. The Kier molecular flexibility index (Phi) is 12.0. The highest BCUT2D eigenvalue weighted by Crippen LogP contribution is 2.70. The number of carbonyl (C=O) groups excluding carboxylic acids is 1. The van der Waals surface area contributed by atoms with Gasteiger partial charge in [0.1, 0.15) is 0 Å². The third-order valence-electron chi connectivity index (χ3n) is 17.2. The van der Waals surface area contributed by atoms with Gasteiger partial charge >= 0.3 is 5.97 Å². The van der Waals surface area contributed by atoms with Gasteiger partial charge in [-0.25, -0.2) is 8.42 Å². The summed E-state index contributed by atoms with van der Waals surface area (Å²) in [7, 11) is -2.86. The van der Waals surface area contributed by atoms with Crippen molar-refractivity contribution < 1.29 is 23.1 Å². The average Bonchev–Trinajstić information content (AvgIpc) is 3.51. The number of esters is 1. The fraction of sp³-hybridized carbons (Fsp3) is 0.844. The quantitative estimate of drug-likeness (QED) is 0.181. The zero-order chi connectivity index (χ0) is 38.5. The van der Waals surface area contributed by atoms with Crippen LogP contribution in [0.25, 0.3) is 0 Å². The molecule has 0 bridgehead atoms. The van der Waals surface area contributed by atoms with Crippen LogP contribution in [-0.2, 0) is 19.4 Å². The van der Waals surface area contributed by atoms with Crippen molar-refractivity contribution in [3.63, 3.8) is 0 Å². The first-order chi connectivity index (χ1) is 25.0. The lowest BCUT2D eigenvalue weighted by Crippen LogP contribution is -2.65. The molecule has 5 aliphatic carbocycles. The second-order valence-electron chi connectivity index (χ2n) is 19.8. The number of hydrogen-bond acceptors (Lipinski definition) is 7. The number of rotatable bonds is 9. The Hall–Kier alpha value is -1.48. The van der Waals surface area contributed by atoms with Crippen LogP contribution in [0.5, 0.6) is 0 Å². The first kappa shape index (κ1) is 41.2. The van der Waals surface area contributed by atoms with E-state index in [0.717, 1.165) is 25.9 Å². The van der Waals surface area contributed by atoms with E-state index >= 15 is 0 Å². The van der Waals surface area contributed by atoms with Crippen LogP contribution >= 0.6 is 0 Å². The second-order valence-corrected chi connectivity index (χ2v) is 22.1. The van der Waals surface area contributed by atoms with Gasteiger partial charge in [0.25, 0.3) is 0 Å². The smallest absolute Gasteiger partial charge is 0.314 e. The Morgan fingerprint density at radius 2 is 1.72 bits per heavy atom. The van der Waals surface area contributed by atoms with Gasteiger partial charge in [-0.1, -0.05) is 58.9 Å². The van der Waals surface area contributed by atoms with Crippen LogP contribution in [0.1, 0.15) is 132 Å². The second kappa shape index (κ2) is 15.5. The molecule has 0 aromatic rings. The number of sulfone groups is 1. The number of ether oxygens (including phenoxy) is 1. The lowest BCUT2D eigenvalue weighted by Gasteiger charge is -2.66. The van der Waals surface area contributed by atoms with Crippen molar-refractivity contribution in [2.24, 2.45) is 51.2 Å². The summed E-state index contributed by atoms with van der Waals surface area (Å²) in [6.07, 6.45) is 19.2. The van der Waals surface area contributed by atoms with E-state index in [-0.39, 0.29) is 34.4 Å². The number of aliphatic hydroxyl groups is 1. The number of aliphatic hydroxyl groups excluding tert-OH is 1. The first-order valence-corrected chi connectivity index (χ1v) is 23.3. The van der Waals surface area contributed by atoms with Gasteiger partial charge in [0.15, 0.2) is 9.84 Å². The molecule has 7 nitrogen and oxygen atoms in total. The molecule has 3 saturated carbocycles. The van der Waals surface area contributed by atoms with Gasteiger partial charge in [-0.15, -0.1) is 0 Å². The molecule has 1 heterocycles. The molecule has 0 aromatic carbocycles. The van der Waals surface area contributed by atoms with Gasteiger partial charge in [-0.3, -0.25) is 4.79 Å². The van der Waals surface area contributed by atoms with E-state index in [0.29, 0.717) is 73.6 Å². The van der Waals surface area contributed by atoms with Crippen LogP contribution in [-0.4, -0.2) is 80.8 Å². The fourth-order valence-electron chi connectivity index (χ4n) is 13.0. The van der Waals surface area contributed by atoms with Crippen LogP contribution in [0.15, 0.2) is 35.5 Å². The maximum absolute atomic E-state index is 12.9. The summed E-state index contributed by atoms with van der Waals surface area (Å²) >= 11 is 0. The van der Waals surface area contributed by atoms with Crippen LogP contribution in [0.4, 0.5) is 0 Å². The van der Waals surface area contributed by atoms with Gasteiger partial charge in [-0.2, -0.15) is 0 Å². The summed E-state index contributed by atoms with van der Waals surface area (Å²) in [5, 5.41) is 14.5. The number of nitrogens with one attached hydrogen (secondary N) is 1. The van der Waals surface area contributed by atoms with Crippen molar-refractivity contribution in [1.82, 2.24) is 10.2 Å². The fourth-order valence-corrected chi connectivity index (χ4v) is 14.3. The maximum atomic E-state index is 12.9. The Bertz CT molecular complexity index is 1540. The number of hydrogen-bond donors (Lipinski definition) is 2. The third-order valence-corrected chi connectivity index (χ3v) is 18.8. The Morgan fingerprint density at radius 3 is 2.36 bits per heavy atom. The molecule has 0 radical (unpaired) electrons. The lowest BCUT2D eigenvalue weighted by molar-refractivity contribution is -0.159. The topological polar surface area (TPSA) is 95.9 Å². The minimum absolute atomic E-state index is 0.00776. The predicted octanol–water partition coefficient (Wildman–Crippen LogP) is 8.29. The molecule has 8 heteroatoms. The monoisotopic (exact) mass is 755 g/mol. The van der Waals surface area contributed by atoms with Crippen LogP contribution in [0.3, 0.4) is 0 Å². The van der Waals surface area contributed by atoms with Crippen LogP contribution in [0, 0.1) is 51.2 Å². The molecule has 1 saturated heterocycles. The molecule has 0 spiro atoms. The van der Waals surface area contributed by atoms with Crippen LogP contribution < -0.4 is 5.32 Å². The zero-order valence-corrected chi connectivity index (χ0v) is 35.3. The highest BCUT2D eigenvalue weighted by molar-refractivity contribution is 7.91. The molecule has 53 heavy (non-hydrogen) atoms. The molecule has 300 valence electrons. The number of fused-ring (bicyclic) bond motifs is 5. The summed E-state index contributed by atoms with van der Waals surface area (Å²) in [5.41, 5.74) is 4.10. The zero-order valence-electron chi connectivity index (χ0n) is 34.5. The Balaban J connectivity index is 1.22. The summed E-state index contributed by atoms with van der Waals surface area (Å²) in [5.74, 6) is 3.38. The van der Waals surface area contributed by atoms with E-state index in [1.807, 2.05) is 6.92 Å². The van der Waals surface area contributed by atoms with Crippen molar-refractivity contribution in [3.05, 3.63) is 35.5 Å². The average molecular weight is 755 g/mol. The highest BCUT2D eigenvalue weighted by atomic mass is 32.2. The molecule has 6 rings (SSSR count). The molecule has 4 fully saturated rings. The van der Waals surface area contributed by atoms with Crippen molar-refractivity contribution >= 4 is 15.8 Å². The van der Waals surface area contributed by atoms with E-state index in [1.54, 1.807) is 0 Å². The van der Waals surface area contributed by atoms with Crippen molar-refractivity contribution in [1.29, 1.82) is 0 Å². The third kappa shape index (κ3) is 7.43. The number of nitrogens with zero attached hydrogens (tertiary/aromatic N) is 1. The van der Waals surface area contributed by atoms with Crippen molar-refractivity contribution in [2.75, 3.05) is 50.9 Å². The molecule has 0 amide bonds. The highest BCUT2D eigenvalue weighted by Gasteiger charge is 2.65. The van der Waals surface area contributed by atoms with Gasteiger partial charge in [0, 0.05) is 31.7 Å². The minimum Gasteiger partial charge on any atom is -0.465 e. The largest absolute Gasteiger partial charge is 0.465 e. The number of allylic oxidation sites excluding steroid dienone is 5. The minimum atomic E-state index is -2.86. The van der Waals surface area contributed by atoms with Crippen molar-refractivity contribution in [3.8, 4) is 0 Å². The normalized spacial score (nSPS) is 42.5. The predicted molar refractivity (Wildman–Crippen MR) is 216 cm³/mol. The lowest BCUT2D eigenvalue weighted by atomic mass is 9.39. The number of carbonyl (C=O) groups is 1. The molecule has 6 aliphatic rings. The van der Waals surface area contributed by atoms with E-state index in [2.05, 4.69) is 70.5 Å². The van der Waals surface area contributed by atoms with Crippen molar-refractivity contribution in [2.45, 2.75) is 137 Å². The van der Waals surface area contributed by atoms with Gasteiger partial charge in [-0.05, 0) is 154 Å². The first-order valence-electron chi connectivity index (χ1n) is 21.5. The van der Waals surface area contributed by atoms with E-state index in [4.69, 9.17) is 4.74 Å². The molecular weight excluding hydrogens is 681 g/mol. The van der Waals surface area contributed by atoms with E-state index < -0.39 is 15.3 Å². The van der Waals surface area contributed by atoms with Gasteiger partial charge in [0.2, 0.25) is 0 Å². The molecular formula is C45H74N2O5S. The standard InChI is InChI=1S/C45H74N2O5S/c1-9-52-40(49)44(31-48)20-16-34(17-21-44)37-12-10-11-35-13-14-38-39-36(32(2)3)18-22-45(39,46-25-26-47-27-29-53(50,51)30-28-47)24-23-43(38,8)42(35,7)19-15-33(4)41(37,5)6/h12,16,33,35-36,38-39,46,48H,2,9-11,13-15,17-31H2,1,3-8H3/b37-12-/t33?,35?,36-,38+,39?,42+,43+,44+,45-/m0/s1. The summed E-state index contributed by atoms with van der Waals surface area (Å²) in [4.78, 5) is 15.2. The summed E-state index contributed by atoms with van der Waals surface area (Å²) in [6.45, 7) is 24.9. The molecule has 9 atom stereocenters. The van der Waals surface area contributed by atoms with E-state index in [9.17, 15) is 18.3 Å². The molecule has 1 aliphatic heterocycles. The Labute approximate surface area is 323 Å². The Morgan fingerprint density at radius 1 is 0.981 bits per heavy atom. The van der Waals surface area contributed by atoms with Gasteiger partial charge < -0.3 is 20.1 Å². The summed E-state index contributed by atoms with van der Waals surface area (Å²) in [6, 6.07) is 0. The SMILES string of the molecule is C=C(C)[C@@H]1CC[C@]2(NCCN3CCS(=O)(=O)CC3)CC[C@]3(C)[C@H](CCC4CC/C=C(/C5=CC[C@@](CO)(C(=O)OCC)CC5)C(C)(C)C(C)CC[C@]43C)C12. The molecule has 0 aromatic heterocycles. The van der Waals surface area contributed by atoms with E-state index in [1.165, 1.54) is 74.5 Å². The summed E-state index contributed by atoms with van der Waals surface area (Å²) < 4.78 is 29.5.